The highest BCUT2D eigenvalue weighted by Crippen LogP contribution is 2.25. The molecule has 0 fully saturated rings. The predicted molar refractivity (Wildman–Crippen MR) is 66.0 cm³/mol. The Morgan fingerprint density at radius 2 is 2.12 bits per heavy atom. The van der Waals surface area contributed by atoms with Crippen LogP contribution >= 0.6 is 11.6 Å². The Morgan fingerprint density at radius 1 is 1.38 bits per heavy atom. The molecule has 0 amide bonds. The second kappa shape index (κ2) is 6.74. The fourth-order valence-electron chi connectivity index (χ4n) is 1.32. The van der Waals surface area contributed by atoms with Gasteiger partial charge in [-0.25, -0.2) is 0 Å². The normalized spacial score (nSPS) is 10.8. The molecule has 0 aliphatic heterocycles. The van der Waals surface area contributed by atoms with Gasteiger partial charge in [0.05, 0.1) is 18.2 Å². The van der Waals surface area contributed by atoms with E-state index in [1.54, 1.807) is 12.1 Å². The first-order valence-corrected chi connectivity index (χ1v) is 5.68. The van der Waals surface area contributed by atoms with E-state index in [1.807, 2.05) is 20.2 Å². The summed E-state index contributed by atoms with van der Waals surface area (Å²) in [6.45, 7) is 1.64. The lowest BCUT2D eigenvalue weighted by atomic mass is 10.2. The molecule has 16 heavy (non-hydrogen) atoms. The van der Waals surface area contributed by atoms with Crippen LogP contribution in [-0.2, 0) is 6.61 Å². The fourth-order valence-corrected chi connectivity index (χ4v) is 1.58. The maximum Gasteiger partial charge on any atom is 0.137 e. The van der Waals surface area contributed by atoms with Crippen molar-refractivity contribution in [2.24, 2.45) is 0 Å². The van der Waals surface area contributed by atoms with E-state index in [0.717, 1.165) is 18.5 Å². The lowest BCUT2D eigenvalue weighted by molar-refractivity contribution is 0.277. The third-order valence-electron chi connectivity index (χ3n) is 2.19. The van der Waals surface area contributed by atoms with Crippen molar-refractivity contribution in [2.45, 2.75) is 13.0 Å². The molecule has 0 aliphatic carbocycles. The number of rotatable bonds is 6. The predicted octanol–water partition coefficient (Wildman–Crippen LogP) is 2.16. The van der Waals surface area contributed by atoms with Crippen LogP contribution in [0.1, 0.15) is 12.0 Å². The van der Waals surface area contributed by atoms with Gasteiger partial charge >= 0.3 is 0 Å². The zero-order valence-electron chi connectivity index (χ0n) is 9.74. The van der Waals surface area contributed by atoms with E-state index in [2.05, 4.69) is 4.90 Å². The van der Waals surface area contributed by atoms with Crippen LogP contribution in [0.4, 0.5) is 0 Å². The first-order chi connectivity index (χ1) is 7.63. The number of benzene rings is 1. The molecule has 0 atom stereocenters. The molecule has 0 saturated carbocycles. The Bertz CT molecular complexity index is 329. The Morgan fingerprint density at radius 3 is 2.69 bits per heavy atom. The summed E-state index contributed by atoms with van der Waals surface area (Å²) in [7, 11) is 4.06. The number of aliphatic hydroxyl groups is 1. The third-order valence-corrected chi connectivity index (χ3v) is 2.48. The average Bonchev–Trinajstić information content (AvgIpc) is 2.25. The van der Waals surface area contributed by atoms with E-state index < -0.39 is 0 Å². The molecule has 0 spiro atoms. The number of nitrogens with zero attached hydrogens (tertiary/aromatic N) is 1. The summed E-state index contributed by atoms with van der Waals surface area (Å²) < 4.78 is 5.55. The first kappa shape index (κ1) is 13.3. The monoisotopic (exact) mass is 243 g/mol. The second-order valence-electron chi connectivity index (χ2n) is 3.93. The average molecular weight is 244 g/mol. The minimum absolute atomic E-state index is 0.000624. The molecule has 0 aromatic heterocycles. The van der Waals surface area contributed by atoms with E-state index in [0.29, 0.717) is 17.4 Å². The van der Waals surface area contributed by atoms with Gasteiger partial charge in [0.15, 0.2) is 0 Å². The van der Waals surface area contributed by atoms with Crippen molar-refractivity contribution in [1.29, 1.82) is 0 Å². The van der Waals surface area contributed by atoms with Crippen LogP contribution in [0.5, 0.6) is 5.75 Å². The Hall–Kier alpha value is -0.770. The van der Waals surface area contributed by atoms with Crippen LogP contribution in [0.3, 0.4) is 0 Å². The zero-order chi connectivity index (χ0) is 12.0. The van der Waals surface area contributed by atoms with Crippen LogP contribution in [-0.4, -0.2) is 37.3 Å². The summed E-state index contributed by atoms with van der Waals surface area (Å²) in [5.74, 6) is 0.678. The highest BCUT2D eigenvalue weighted by Gasteiger charge is 2.02. The lowest BCUT2D eigenvalue weighted by Crippen LogP contribution is -2.15. The smallest absolute Gasteiger partial charge is 0.137 e. The van der Waals surface area contributed by atoms with E-state index in [1.165, 1.54) is 0 Å². The van der Waals surface area contributed by atoms with Crippen molar-refractivity contribution >= 4 is 11.6 Å². The van der Waals surface area contributed by atoms with Crippen molar-refractivity contribution in [3.63, 3.8) is 0 Å². The summed E-state index contributed by atoms with van der Waals surface area (Å²) in [4.78, 5) is 2.11. The van der Waals surface area contributed by atoms with Crippen LogP contribution < -0.4 is 4.74 Å². The molecule has 0 heterocycles. The van der Waals surface area contributed by atoms with E-state index in [9.17, 15) is 0 Å². The maximum absolute atomic E-state index is 8.92. The standard InChI is InChI=1S/C12H18ClNO2/c1-14(2)6-3-7-16-12-5-4-10(9-15)8-11(12)13/h4-5,8,15H,3,6-7,9H2,1-2H3. The highest BCUT2D eigenvalue weighted by atomic mass is 35.5. The maximum atomic E-state index is 8.92. The van der Waals surface area contributed by atoms with Gasteiger partial charge in [-0.2, -0.15) is 0 Å². The molecule has 4 heteroatoms. The number of ether oxygens (including phenoxy) is 1. The molecule has 90 valence electrons. The quantitative estimate of drug-likeness (QED) is 0.778. The largest absolute Gasteiger partial charge is 0.492 e. The summed E-state index contributed by atoms with van der Waals surface area (Å²) in [5.41, 5.74) is 0.797. The van der Waals surface area contributed by atoms with Gasteiger partial charge < -0.3 is 14.7 Å². The summed E-state index contributed by atoms with van der Waals surface area (Å²) in [5, 5.41) is 9.48. The van der Waals surface area contributed by atoms with Gasteiger partial charge in [-0.15, -0.1) is 0 Å². The number of hydrogen-bond acceptors (Lipinski definition) is 3. The molecule has 0 aliphatic rings. The highest BCUT2D eigenvalue weighted by molar-refractivity contribution is 6.32. The molecule has 0 radical (unpaired) electrons. The third kappa shape index (κ3) is 4.39. The van der Waals surface area contributed by atoms with Gasteiger partial charge in [0.2, 0.25) is 0 Å². The molecule has 3 nitrogen and oxygen atoms in total. The fraction of sp³-hybridized carbons (Fsp3) is 0.500. The topological polar surface area (TPSA) is 32.7 Å². The SMILES string of the molecule is CN(C)CCCOc1ccc(CO)cc1Cl. The summed E-state index contributed by atoms with van der Waals surface area (Å²) in [6.07, 6.45) is 0.963. The van der Waals surface area contributed by atoms with Gasteiger partial charge in [-0.3, -0.25) is 0 Å². The van der Waals surface area contributed by atoms with Crippen molar-refractivity contribution in [3.05, 3.63) is 28.8 Å². The van der Waals surface area contributed by atoms with Gasteiger partial charge in [0, 0.05) is 6.54 Å². The first-order valence-electron chi connectivity index (χ1n) is 5.30. The van der Waals surface area contributed by atoms with Crippen molar-refractivity contribution < 1.29 is 9.84 Å². The van der Waals surface area contributed by atoms with Crippen molar-refractivity contribution in [3.8, 4) is 5.75 Å². The Labute approximate surface area is 102 Å². The van der Waals surface area contributed by atoms with Crippen LogP contribution in [0.15, 0.2) is 18.2 Å². The van der Waals surface area contributed by atoms with Gasteiger partial charge in [0.1, 0.15) is 5.75 Å². The minimum atomic E-state index is 0.000624. The Kier molecular flexibility index (Phi) is 5.60. The van der Waals surface area contributed by atoms with Gasteiger partial charge in [-0.05, 0) is 38.2 Å². The second-order valence-corrected chi connectivity index (χ2v) is 4.34. The van der Waals surface area contributed by atoms with Crippen LogP contribution in [0, 0.1) is 0 Å². The van der Waals surface area contributed by atoms with E-state index in [4.69, 9.17) is 21.4 Å². The molecular formula is C12H18ClNO2. The number of aliphatic hydroxyl groups excluding tert-OH is 1. The zero-order valence-corrected chi connectivity index (χ0v) is 10.5. The van der Waals surface area contributed by atoms with E-state index >= 15 is 0 Å². The van der Waals surface area contributed by atoms with E-state index in [-0.39, 0.29) is 6.61 Å². The molecule has 1 N–H and O–H groups in total. The van der Waals surface area contributed by atoms with Crippen LogP contribution in [0.2, 0.25) is 5.02 Å². The molecule has 0 saturated heterocycles. The lowest BCUT2D eigenvalue weighted by Gasteiger charge is -2.11. The number of halogens is 1. The molecule has 1 rings (SSSR count). The molecule has 1 aromatic rings. The minimum Gasteiger partial charge on any atom is -0.492 e. The molecule has 0 bridgehead atoms. The summed E-state index contributed by atoms with van der Waals surface area (Å²) in [6, 6.07) is 5.33. The summed E-state index contributed by atoms with van der Waals surface area (Å²) >= 11 is 6.00. The van der Waals surface area contributed by atoms with Gasteiger partial charge in [0.25, 0.3) is 0 Å². The van der Waals surface area contributed by atoms with Crippen molar-refractivity contribution in [1.82, 2.24) is 4.90 Å². The van der Waals surface area contributed by atoms with Crippen LogP contribution in [0.25, 0.3) is 0 Å². The molecule has 1 aromatic carbocycles. The molecular weight excluding hydrogens is 226 g/mol. The van der Waals surface area contributed by atoms with Crippen molar-refractivity contribution in [2.75, 3.05) is 27.2 Å². The molecule has 0 unspecified atom stereocenters. The van der Waals surface area contributed by atoms with Gasteiger partial charge in [-0.1, -0.05) is 17.7 Å². The number of hydrogen-bond donors (Lipinski definition) is 1. The Balaban J connectivity index is 2.42.